The van der Waals surface area contributed by atoms with Gasteiger partial charge < -0.3 is 14.3 Å². The molecule has 0 atom stereocenters. The summed E-state index contributed by atoms with van der Waals surface area (Å²) in [5.74, 6) is -0.657. The molecule has 0 aliphatic carbocycles. The van der Waals surface area contributed by atoms with Gasteiger partial charge >= 0.3 is 0 Å². The Morgan fingerprint density at radius 1 is 1.19 bits per heavy atom. The largest absolute Gasteiger partial charge is 0.459 e. The second kappa shape index (κ2) is 5.28. The first-order valence-corrected chi connectivity index (χ1v) is 6.40. The summed E-state index contributed by atoms with van der Waals surface area (Å²) in [5, 5.41) is 2.59. The van der Waals surface area contributed by atoms with E-state index in [1.54, 1.807) is 13.1 Å². The average Bonchev–Trinajstić information content (AvgIpc) is 3.08. The number of nitrogens with zero attached hydrogens (tertiary/aromatic N) is 1. The van der Waals surface area contributed by atoms with E-state index >= 15 is 0 Å². The third kappa shape index (κ3) is 2.72. The number of hydrogen-bond donors (Lipinski definition) is 1. The van der Waals surface area contributed by atoms with Gasteiger partial charge in [0, 0.05) is 24.9 Å². The Hall–Kier alpha value is -2.82. The van der Waals surface area contributed by atoms with E-state index in [0.717, 1.165) is 11.1 Å². The molecule has 0 saturated heterocycles. The van der Waals surface area contributed by atoms with Crippen LogP contribution in [-0.2, 0) is 7.05 Å². The summed E-state index contributed by atoms with van der Waals surface area (Å²) in [6.45, 7) is 0. The molecule has 4 nitrogen and oxygen atoms in total. The molecule has 1 amide bonds. The smallest absolute Gasteiger partial charge is 0.291 e. The van der Waals surface area contributed by atoms with Crippen LogP contribution in [0.15, 0.2) is 59.3 Å². The Morgan fingerprint density at radius 3 is 2.62 bits per heavy atom. The maximum Gasteiger partial charge on any atom is 0.291 e. The maximum atomic E-state index is 13.2. The average molecular weight is 284 g/mol. The van der Waals surface area contributed by atoms with Crippen LogP contribution in [0.25, 0.3) is 11.1 Å². The summed E-state index contributed by atoms with van der Waals surface area (Å²) in [7, 11) is 1.56. The molecule has 0 unspecified atom stereocenters. The van der Waals surface area contributed by atoms with Crippen LogP contribution in [0.2, 0.25) is 0 Å². The predicted molar refractivity (Wildman–Crippen MR) is 77.5 cm³/mol. The van der Waals surface area contributed by atoms with Crippen LogP contribution in [0.1, 0.15) is 10.6 Å². The predicted octanol–water partition coefficient (Wildman–Crippen LogP) is 3.68. The van der Waals surface area contributed by atoms with Gasteiger partial charge in [0.25, 0.3) is 5.91 Å². The highest BCUT2D eigenvalue weighted by molar-refractivity contribution is 6.02. The fourth-order valence-electron chi connectivity index (χ4n) is 2.04. The van der Waals surface area contributed by atoms with E-state index < -0.39 is 11.9 Å². The monoisotopic (exact) mass is 284 g/mol. The van der Waals surface area contributed by atoms with Gasteiger partial charge in [-0.05, 0) is 11.6 Å². The molecule has 106 valence electrons. The summed E-state index contributed by atoms with van der Waals surface area (Å²) in [6, 6.07) is 12.5. The maximum absolute atomic E-state index is 13.2. The Bertz CT molecular complexity index is 755. The number of amides is 1. The molecule has 0 spiro atoms. The van der Waals surface area contributed by atoms with Crippen LogP contribution in [0, 0.1) is 5.95 Å². The lowest BCUT2D eigenvalue weighted by Gasteiger charge is -1.98. The van der Waals surface area contributed by atoms with Gasteiger partial charge in [-0.15, -0.1) is 0 Å². The lowest BCUT2D eigenvalue weighted by molar-refractivity contribution is 0.0996. The first-order valence-electron chi connectivity index (χ1n) is 6.40. The first-order chi connectivity index (χ1) is 10.1. The molecule has 0 fully saturated rings. The van der Waals surface area contributed by atoms with Gasteiger partial charge in [-0.1, -0.05) is 30.3 Å². The van der Waals surface area contributed by atoms with Crippen LogP contribution in [-0.4, -0.2) is 10.5 Å². The molecular weight excluding hydrogens is 271 g/mol. The van der Waals surface area contributed by atoms with E-state index in [4.69, 9.17) is 4.42 Å². The zero-order valence-electron chi connectivity index (χ0n) is 11.3. The van der Waals surface area contributed by atoms with Crippen molar-refractivity contribution < 1.29 is 13.6 Å². The van der Waals surface area contributed by atoms with Crippen molar-refractivity contribution in [2.75, 3.05) is 5.32 Å². The van der Waals surface area contributed by atoms with E-state index in [9.17, 15) is 9.18 Å². The highest BCUT2D eigenvalue weighted by Gasteiger charge is 2.13. The topological polar surface area (TPSA) is 47.2 Å². The van der Waals surface area contributed by atoms with Crippen LogP contribution in [0.5, 0.6) is 0 Å². The molecular formula is C16H13FN2O2. The van der Waals surface area contributed by atoms with Crippen molar-refractivity contribution in [1.82, 2.24) is 4.57 Å². The van der Waals surface area contributed by atoms with Crippen molar-refractivity contribution in [3.8, 4) is 11.1 Å². The van der Waals surface area contributed by atoms with Crippen LogP contribution in [0.4, 0.5) is 10.1 Å². The molecule has 3 rings (SSSR count). The fraction of sp³-hybridized carbons (Fsp3) is 0.0625. The van der Waals surface area contributed by atoms with E-state index in [2.05, 4.69) is 5.32 Å². The highest BCUT2D eigenvalue weighted by atomic mass is 19.1. The Labute approximate surface area is 120 Å². The SMILES string of the molecule is Cn1cc(NC(=O)c2cc(-c3ccccc3)co2)cc1F. The third-order valence-corrected chi connectivity index (χ3v) is 3.13. The van der Waals surface area contributed by atoms with Gasteiger partial charge in [-0.25, -0.2) is 0 Å². The van der Waals surface area contributed by atoms with Crippen molar-refractivity contribution in [1.29, 1.82) is 0 Å². The van der Waals surface area contributed by atoms with Crippen molar-refractivity contribution in [3.63, 3.8) is 0 Å². The van der Waals surface area contributed by atoms with E-state index in [1.165, 1.54) is 23.1 Å². The number of aromatic nitrogens is 1. The minimum absolute atomic E-state index is 0.179. The molecule has 0 aliphatic rings. The van der Waals surface area contributed by atoms with Crippen LogP contribution < -0.4 is 5.32 Å². The van der Waals surface area contributed by atoms with E-state index in [-0.39, 0.29) is 5.76 Å². The number of rotatable bonds is 3. The molecule has 21 heavy (non-hydrogen) atoms. The molecule has 0 bridgehead atoms. The number of carbonyl (C=O) groups excluding carboxylic acids is 1. The number of halogens is 1. The van der Waals surface area contributed by atoms with Crippen molar-refractivity contribution in [3.05, 3.63) is 66.6 Å². The third-order valence-electron chi connectivity index (χ3n) is 3.13. The van der Waals surface area contributed by atoms with Crippen LogP contribution >= 0.6 is 0 Å². The molecule has 1 aromatic carbocycles. The number of carbonyl (C=O) groups is 1. The fourth-order valence-corrected chi connectivity index (χ4v) is 2.04. The molecule has 0 aliphatic heterocycles. The van der Waals surface area contributed by atoms with Gasteiger partial charge in [0.1, 0.15) is 0 Å². The number of furan rings is 1. The zero-order chi connectivity index (χ0) is 14.8. The lowest BCUT2D eigenvalue weighted by atomic mass is 10.1. The molecule has 1 N–H and O–H groups in total. The Balaban J connectivity index is 1.78. The number of nitrogens with one attached hydrogen (secondary N) is 1. The molecule has 3 aromatic rings. The normalized spacial score (nSPS) is 10.6. The van der Waals surface area contributed by atoms with Gasteiger partial charge in [-0.2, -0.15) is 4.39 Å². The number of aryl methyl sites for hydroxylation is 1. The Kier molecular flexibility index (Phi) is 3.31. The molecule has 2 heterocycles. The second-order valence-corrected chi connectivity index (χ2v) is 4.68. The minimum atomic E-state index is -0.422. The minimum Gasteiger partial charge on any atom is -0.459 e. The van der Waals surface area contributed by atoms with Gasteiger partial charge in [0.05, 0.1) is 12.0 Å². The van der Waals surface area contributed by atoms with Crippen molar-refractivity contribution in [2.24, 2.45) is 7.05 Å². The lowest BCUT2D eigenvalue weighted by Crippen LogP contribution is -2.10. The molecule has 0 saturated carbocycles. The number of hydrogen-bond acceptors (Lipinski definition) is 2. The van der Waals surface area contributed by atoms with Crippen LogP contribution in [0.3, 0.4) is 0 Å². The highest BCUT2D eigenvalue weighted by Crippen LogP contribution is 2.22. The Morgan fingerprint density at radius 2 is 1.95 bits per heavy atom. The quantitative estimate of drug-likeness (QED) is 0.797. The standard InChI is InChI=1S/C16H13FN2O2/c1-19-9-13(8-15(19)17)18-16(20)14-7-12(10-21-14)11-5-3-2-4-6-11/h2-10H,1H3,(H,18,20). The summed E-state index contributed by atoms with van der Waals surface area (Å²) < 4.78 is 19.8. The summed E-state index contributed by atoms with van der Waals surface area (Å²) >= 11 is 0. The summed E-state index contributed by atoms with van der Waals surface area (Å²) in [4.78, 5) is 12.0. The van der Waals surface area contributed by atoms with E-state index in [1.807, 2.05) is 30.3 Å². The summed E-state index contributed by atoms with van der Waals surface area (Å²) in [6.07, 6.45) is 3.02. The second-order valence-electron chi connectivity index (χ2n) is 4.68. The van der Waals surface area contributed by atoms with Gasteiger partial charge in [-0.3, -0.25) is 4.79 Å². The molecule has 5 heteroatoms. The molecule has 2 aromatic heterocycles. The van der Waals surface area contributed by atoms with Crippen molar-refractivity contribution in [2.45, 2.75) is 0 Å². The number of anilines is 1. The molecule has 0 radical (unpaired) electrons. The van der Waals surface area contributed by atoms with Gasteiger partial charge in [0.2, 0.25) is 0 Å². The van der Waals surface area contributed by atoms with E-state index in [0.29, 0.717) is 5.69 Å². The summed E-state index contributed by atoms with van der Waals surface area (Å²) in [5.41, 5.74) is 2.17. The van der Waals surface area contributed by atoms with Crippen molar-refractivity contribution >= 4 is 11.6 Å². The first kappa shape index (κ1) is 13.2. The number of benzene rings is 1. The zero-order valence-corrected chi connectivity index (χ0v) is 11.3. The van der Waals surface area contributed by atoms with Gasteiger partial charge in [0.15, 0.2) is 11.7 Å².